The Kier molecular flexibility index (Phi) is 6.61. The van der Waals surface area contributed by atoms with Gasteiger partial charge in [-0.15, -0.1) is 0 Å². The molecule has 3 rings (SSSR count). The van der Waals surface area contributed by atoms with Gasteiger partial charge in [-0.25, -0.2) is 0 Å². The van der Waals surface area contributed by atoms with E-state index < -0.39 is 5.97 Å². The normalized spacial score (nSPS) is 26.5. The Hall–Kier alpha value is -1.95. The van der Waals surface area contributed by atoms with Crippen LogP contribution in [0, 0.1) is 5.92 Å². The van der Waals surface area contributed by atoms with E-state index in [-0.39, 0.29) is 17.9 Å². The number of carboxylic acid groups (broad SMARTS) is 1. The second-order valence-corrected chi connectivity index (χ2v) is 7.54. The summed E-state index contributed by atoms with van der Waals surface area (Å²) >= 11 is 0. The van der Waals surface area contributed by atoms with Crippen LogP contribution in [0.15, 0.2) is 24.5 Å². The first-order valence-electron chi connectivity index (χ1n) is 9.79. The summed E-state index contributed by atoms with van der Waals surface area (Å²) in [7, 11) is 0. The molecule has 1 aromatic heterocycles. The molecule has 1 aliphatic heterocycles. The van der Waals surface area contributed by atoms with Crippen LogP contribution in [-0.2, 0) is 9.59 Å². The topological polar surface area (TPSA) is 82.5 Å². The van der Waals surface area contributed by atoms with Gasteiger partial charge in [0.2, 0.25) is 5.91 Å². The molecule has 0 spiro atoms. The van der Waals surface area contributed by atoms with Crippen molar-refractivity contribution in [3.05, 3.63) is 30.1 Å². The molecule has 0 radical (unpaired) electrons. The van der Waals surface area contributed by atoms with Crippen molar-refractivity contribution in [1.29, 1.82) is 0 Å². The van der Waals surface area contributed by atoms with E-state index in [1.54, 1.807) is 6.20 Å². The van der Waals surface area contributed by atoms with Gasteiger partial charge in [0.25, 0.3) is 0 Å². The van der Waals surface area contributed by atoms with Gasteiger partial charge in [-0.1, -0.05) is 6.07 Å². The van der Waals surface area contributed by atoms with E-state index >= 15 is 0 Å². The molecule has 6 nitrogen and oxygen atoms in total. The highest BCUT2D eigenvalue weighted by Gasteiger charge is 2.27. The molecule has 1 aliphatic carbocycles. The maximum atomic E-state index is 12.2. The van der Waals surface area contributed by atoms with Crippen LogP contribution in [0.2, 0.25) is 0 Å². The molecule has 1 unspecified atom stereocenters. The van der Waals surface area contributed by atoms with Crippen LogP contribution >= 0.6 is 0 Å². The zero-order valence-electron chi connectivity index (χ0n) is 15.3. The number of nitrogens with zero attached hydrogens (tertiary/aromatic N) is 2. The Labute approximate surface area is 155 Å². The zero-order chi connectivity index (χ0) is 18.4. The number of carbonyl (C=O) groups is 2. The van der Waals surface area contributed by atoms with Gasteiger partial charge < -0.3 is 10.4 Å². The fourth-order valence-corrected chi connectivity index (χ4v) is 4.27. The first kappa shape index (κ1) is 18.8. The highest BCUT2D eigenvalue weighted by atomic mass is 16.4. The molecular formula is C20H29N3O3. The van der Waals surface area contributed by atoms with Crippen LogP contribution in [0.25, 0.3) is 0 Å². The number of rotatable bonds is 7. The van der Waals surface area contributed by atoms with E-state index in [2.05, 4.69) is 21.3 Å². The lowest BCUT2D eigenvalue weighted by molar-refractivity contribution is -0.142. The minimum absolute atomic E-state index is 0.0981. The first-order chi connectivity index (χ1) is 12.6. The molecule has 2 N–H and O–H groups in total. The van der Waals surface area contributed by atoms with Crippen LogP contribution in [0.5, 0.6) is 0 Å². The predicted molar refractivity (Wildman–Crippen MR) is 98.5 cm³/mol. The minimum Gasteiger partial charge on any atom is -0.481 e. The van der Waals surface area contributed by atoms with Crippen molar-refractivity contribution in [3.8, 4) is 0 Å². The molecule has 2 fully saturated rings. The number of amides is 1. The van der Waals surface area contributed by atoms with Crippen molar-refractivity contribution in [2.45, 2.75) is 63.5 Å². The van der Waals surface area contributed by atoms with Gasteiger partial charge in [0, 0.05) is 30.9 Å². The summed E-state index contributed by atoms with van der Waals surface area (Å²) in [6.07, 6.45) is 10.4. The maximum absolute atomic E-state index is 12.2. The largest absolute Gasteiger partial charge is 0.481 e. The van der Waals surface area contributed by atoms with Crippen LogP contribution in [0.1, 0.15) is 63.0 Å². The van der Waals surface area contributed by atoms with E-state index in [1.807, 2.05) is 12.3 Å². The average Bonchev–Trinajstić information content (AvgIpc) is 3.11. The van der Waals surface area contributed by atoms with Gasteiger partial charge >= 0.3 is 5.97 Å². The Bertz CT molecular complexity index is 600. The van der Waals surface area contributed by atoms with Crippen molar-refractivity contribution < 1.29 is 14.7 Å². The molecular weight excluding hydrogens is 330 g/mol. The second kappa shape index (κ2) is 9.12. The molecule has 1 saturated carbocycles. The number of hydrogen-bond donors (Lipinski definition) is 2. The number of pyridine rings is 1. The molecule has 1 saturated heterocycles. The lowest BCUT2D eigenvalue weighted by atomic mass is 9.86. The second-order valence-electron chi connectivity index (χ2n) is 7.54. The fraction of sp³-hybridized carbons (Fsp3) is 0.650. The number of hydrogen-bond acceptors (Lipinski definition) is 4. The molecule has 1 amide bonds. The predicted octanol–water partition coefficient (Wildman–Crippen LogP) is 2.76. The van der Waals surface area contributed by atoms with E-state index in [1.165, 1.54) is 12.0 Å². The van der Waals surface area contributed by atoms with Crippen molar-refractivity contribution >= 4 is 11.9 Å². The summed E-state index contributed by atoms with van der Waals surface area (Å²) in [5.41, 5.74) is 1.27. The minimum atomic E-state index is -0.705. The molecule has 6 heteroatoms. The summed E-state index contributed by atoms with van der Waals surface area (Å²) in [5.74, 6) is -0.841. The molecule has 142 valence electrons. The lowest BCUT2D eigenvalue weighted by Crippen LogP contribution is -2.39. The Morgan fingerprint density at radius 2 is 2.04 bits per heavy atom. The van der Waals surface area contributed by atoms with Gasteiger partial charge in [-0.05, 0) is 69.7 Å². The molecule has 0 bridgehead atoms. The van der Waals surface area contributed by atoms with Crippen LogP contribution in [0.4, 0.5) is 0 Å². The Balaban J connectivity index is 1.37. The lowest BCUT2D eigenvalue weighted by Gasteiger charge is -2.27. The number of nitrogens with one attached hydrogen (secondary N) is 1. The van der Waals surface area contributed by atoms with Crippen molar-refractivity contribution in [2.75, 3.05) is 13.1 Å². The Morgan fingerprint density at radius 1 is 1.23 bits per heavy atom. The van der Waals surface area contributed by atoms with E-state index in [0.717, 1.165) is 38.8 Å². The van der Waals surface area contributed by atoms with E-state index in [4.69, 9.17) is 5.11 Å². The number of likely N-dealkylation sites (tertiary alicyclic amines) is 1. The first-order valence-corrected chi connectivity index (χ1v) is 9.79. The Morgan fingerprint density at radius 3 is 2.73 bits per heavy atom. The molecule has 0 aromatic carbocycles. The summed E-state index contributed by atoms with van der Waals surface area (Å²) in [5, 5.41) is 12.1. The van der Waals surface area contributed by atoms with E-state index in [0.29, 0.717) is 25.3 Å². The summed E-state index contributed by atoms with van der Waals surface area (Å²) in [6.45, 7) is 2.01. The quantitative estimate of drug-likeness (QED) is 0.782. The van der Waals surface area contributed by atoms with Crippen molar-refractivity contribution in [1.82, 2.24) is 15.2 Å². The van der Waals surface area contributed by atoms with Gasteiger partial charge in [-0.2, -0.15) is 0 Å². The molecule has 1 atom stereocenters. The van der Waals surface area contributed by atoms with Gasteiger partial charge in [-0.3, -0.25) is 19.5 Å². The fourth-order valence-electron chi connectivity index (χ4n) is 4.27. The average molecular weight is 359 g/mol. The standard InChI is InChI=1S/C20H29N3O3/c24-19(22-17-9-7-15(8-10-17)20(25)26)6-3-13-23-12-2-5-18(23)16-4-1-11-21-14-16/h1,4,11,14-15,17-18H,2-3,5-10,12-13H2,(H,22,24)(H,25,26). The third kappa shape index (κ3) is 5.04. The third-order valence-corrected chi connectivity index (χ3v) is 5.72. The van der Waals surface area contributed by atoms with Crippen molar-refractivity contribution in [2.24, 2.45) is 5.92 Å². The van der Waals surface area contributed by atoms with Gasteiger partial charge in [0.05, 0.1) is 5.92 Å². The van der Waals surface area contributed by atoms with Gasteiger partial charge in [0.1, 0.15) is 0 Å². The monoisotopic (exact) mass is 359 g/mol. The maximum Gasteiger partial charge on any atom is 0.306 e. The number of carboxylic acids is 1. The highest BCUT2D eigenvalue weighted by Crippen LogP contribution is 2.31. The zero-order valence-corrected chi connectivity index (χ0v) is 15.3. The van der Waals surface area contributed by atoms with Crippen LogP contribution in [-0.4, -0.2) is 46.0 Å². The number of aliphatic carboxylic acids is 1. The van der Waals surface area contributed by atoms with Gasteiger partial charge in [0.15, 0.2) is 0 Å². The highest BCUT2D eigenvalue weighted by molar-refractivity contribution is 5.76. The van der Waals surface area contributed by atoms with E-state index in [9.17, 15) is 9.59 Å². The smallest absolute Gasteiger partial charge is 0.306 e. The van der Waals surface area contributed by atoms with Crippen LogP contribution in [0.3, 0.4) is 0 Å². The van der Waals surface area contributed by atoms with Crippen molar-refractivity contribution in [3.63, 3.8) is 0 Å². The third-order valence-electron chi connectivity index (χ3n) is 5.72. The number of aromatic nitrogens is 1. The molecule has 2 aliphatic rings. The number of carbonyl (C=O) groups excluding carboxylic acids is 1. The SMILES string of the molecule is O=C(CCCN1CCCC1c1cccnc1)NC1CCC(C(=O)O)CC1. The molecule has 1 aromatic rings. The summed E-state index contributed by atoms with van der Waals surface area (Å²) < 4.78 is 0. The molecule has 2 heterocycles. The summed E-state index contributed by atoms with van der Waals surface area (Å²) in [6, 6.07) is 4.69. The molecule has 26 heavy (non-hydrogen) atoms. The summed E-state index contributed by atoms with van der Waals surface area (Å²) in [4.78, 5) is 29.9. The van der Waals surface area contributed by atoms with Crippen LogP contribution < -0.4 is 5.32 Å².